The second kappa shape index (κ2) is 30.9. The molecule has 3 fully saturated rings. The third-order valence-electron chi connectivity index (χ3n) is 16.3. The van der Waals surface area contributed by atoms with Crippen LogP contribution in [-0.2, 0) is 44.9 Å². The van der Waals surface area contributed by atoms with Gasteiger partial charge in [0.2, 0.25) is 40.1 Å². The van der Waals surface area contributed by atoms with Gasteiger partial charge >= 0.3 is 11.9 Å². The Balaban J connectivity index is 0.000000559. The van der Waals surface area contributed by atoms with Crippen LogP contribution in [0.3, 0.4) is 0 Å². The zero-order chi connectivity index (χ0) is 72.8. The minimum Gasteiger partial charge on any atom is -0.492 e. The molecule has 0 atom stereocenters. The highest BCUT2D eigenvalue weighted by atomic mass is 35.5. The van der Waals surface area contributed by atoms with Gasteiger partial charge in [-0.3, -0.25) is 19.2 Å². The lowest BCUT2D eigenvalue weighted by molar-refractivity contribution is -0.139. The SMILES string of the molecule is CC1(C)C(C(=O)O)C1(C)C.CC1(C)C(CO)C1(C)C.CC1(C)C(COc2cc(F)c(C(=O)NS(C)(=O)=O)cc2Cl)C1(C)C.CS(=O)(=O)NC(=O)c1cc(Cl)c(F)cc1F.CS(=O)(=O)NC(=O)c1cc(Cl)c(F)cc1F.CS(N)(=O)=O.O=C(O)c1cc(Cl)c(F)cc1F. The van der Waals surface area contributed by atoms with Crippen LogP contribution >= 0.6 is 46.4 Å². The number of aliphatic carboxylic acids is 1. The zero-order valence-corrected chi connectivity index (χ0v) is 58.5. The number of carboxylic acids is 2. The summed E-state index contributed by atoms with van der Waals surface area (Å²) >= 11 is 21.9. The van der Waals surface area contributed by atoms with Crippen LogP contribution in [0.4, 0.5) is 30.7 Å². The van der Waals surface area contributed by atoms with Crippen molar-refractivity contribution in [2.75, 3.05) is 38.2 Å². The van der Waals surface area contributed by atoms with E-state index in [4.69, 9.17) is 66.5 Å². The van der Waals surface area contributed by atoms with Gasteiger partial charge in [0.05, 0.1) is 79.9 Å². The van der Waals surface area contributed by atoms with Crippen LogP contribution in [0.5, 0.6) is 5.75 Å². The molecule has 92 heavy (non-hydrogen) atoms. The van der Waals surface area contributed by atoms with Gasteiger partial charge in [-0.15, -0.1) is 0 Å². The van der Waals surface area contributed by atoms with E-state index in [1.807, 2.05) is 27.7 Å². The Morgan fingerprint density at radius 2 is 0.696 bits per heavy atom. The number of sulfonamides is 4. The molecule has 21 nitrogen and oxygen atoms in total. The summed E-state index contributed by atoms with van der Waals surface area (Å²) in [5.41, 5.74) is -1.44. The van der Waals surface area contributed by atoms with E-state index in [-0.39, 0.29) is 38.4 Å². The maximum absolute atomic E-state index is 14.1. The number of aliphatic hydroxyl groups excluding tert-OH is 1. The summed E-state index contributed by atoms with van der Waals surface area (Å²) in [5, 5.41) is 29.0. The number of benzene rings is 4. The van der Waals surface area contributed by atoms with Gasteiger partial charge in [-0.2, -0.15) is 0 Å². The van der Waals surface area contributed by atoms with Crippen molar-refractivity contribution >= 4 is 116 Å². The average molecular weight is 1480 g/mol. The number of amides is 3. The molecule has 0 bridgehead atoms. The number of aromatic carboxylic acids is 1. The Labute approximate surface area is 549 Å². The van der Waals surface area contributed by atoms with Crippen molar-refractivity contribution in [3.8, 4) is 5.75 Å². The molecule has 4 aromatic rings. The molecule has 0 aliphatic heterocycles. The minimum atomic E-state index is -3.81. The van der Waals surface area contributed by atoms with E-state index in [9.17, 15) is 88.4 Å². The number of primary sulfonamides is 1. The number of ether oxygens (including phenoxy) is 1. The van der Waals surface area contributed by atoms with Crippen molar-refractivity contribution in [2.24, 2.45) is 55.4 Å². The fourth-order valence-corrected chi connectivity index (χ4v) is 11.1. The first-order valence-electron chi connectivity index (χ1n) is 26.1. The molecule has 3 aliphatic carbocycles. The molecule has 0 unspecified atom stereocenters. The van der Waals surface area contributed by atoms with E-state index >= 15 is 0 Å². The standard InChI is InChI=1S/C16H21ClFNO4S.2C8H6ClF2NO3S.C8H14O2.C8H16O.C7H3ClF2O2.CH5NO2S/c1-15(2)13(16(15,3)4)8-23-12-7-11(18)9(6-10(12)17)14(20)19-24(5,21)22;2*1-16(14,15)12-8(13)4-2-5(9)7(11)3-6(4)10;1-7(2)5(6(9)10)8(7,3)4;1-7(2)6(5-9)8(7,3)4;8-4-1-3(7(11)12)5(9)2-6(4)10;1-5(2,3)4/h6-7,13H,8H2,1-5H3,(H,19,20);2*2-3H,1H3,(H,12,13);5H,1-4H3,(H,9,10);6,9H,5H2,1-4H3;1-2H,(H,11,12);1H3,(H2,2,3,4). The summed E-state index contributed by atoms with van der Waals surface area (Å²) < 4.78 is 185. The molecule has 3 saturated carbocycles. The Morgan fingerprint density at radius 3 is 0.902 bits per heavy atom. The fourth-order valence-electron chi connectivity index (χ4n) is 9.09. The number of carbonyl (C=O) groups excluding carboxylic acids is 3. The van der Waals surface area contributed by atoms with Crippen LogP contribution in [0, 0.1) is 91.0 Å². The first kappa shape index (κ1) is 84.4. The van der Waals surface area contributed by atoms with Crippen molar-refractivity contribution in [3.63, 3.8) is 0 Å². The number of hydrogen-bond acceptors (Lipinski definition) is 15. The molecule has 0 saturated heterocycles. The fraction of sp³-hybridized carbons (Fsp3) is 0.482. The van der Waals surface area contributed by atoms with Crippen molar-refractivity contribution < 1.29 is 108 Å². The maximum Gasteiger partial charge on any atom is 0.338 e. The third-order valence-corrected chi connectivity index (χ3v) is 19.2. The average Bonchev–Trinajstić information content (AvgIpc) is 1.56. The van der Waals surface area contributed by atoms with Gasteiger partial charge in [-0.05, 0) is 62.7 Å². The van der Waals surface area contributed by atoms with Gasteiger partial charge in [0.15, 0.2) is 0 Å². The lowest BCUT2D eigenvalue weighted by Crippen LogP contribution is -2.30. The molecule has 0 radical (unpaired) electrons. The van der Waals surface area contributed by atoms with Crippen molar-refractivity contribution in [1.29, 1.82) is 0 Å². The zero-order valence-electron chi connectivity index (χ0n) is 52.2. The molecular formula is C56H71Cl4F7N4O17S4. The van der Waals surface area contributed by atoms with Crippen LogP contribution in [0.1, 0.15) is 125 Å². The molecular weight excluding hydrogens is 1400 g/mol. The van der Waals surface area contributed by atoms with E-state index in [2.05, 4.69) is 60.5 Å². The number of rotatable bonds is 12. The molecule has 0 aromatic heterocycles. The van der Waals surface area contributed by atoms with Gasteiger partial charge in [0, 0.05) is 36.8 Å². The number of hydrogen-bond donors (Lipinski definition) is 7. The Kier molecular flexibility index (Phi) is 28.3. The largest absolute Gasteiger partial charge is 0.492 e. The second-order valence-electron chi connectivity index (χ2n) is 24.4. The van der Waals surface area contributed by atoms with Crippen LogP contribution < -0.4 is 24.0 Å². The lowest BCUT2D eigenvalue weighted by atomic mass is 10.0. The Morgan fingerprint density at radius 1 is 0.446 bits per heavy atom. The molecule has 8 N–H and O–H groups in total. The predicted octanol–water partition coefficient (Wildman–Crippen LogP) is 10.5. The minimum absolute atomic E-state index is 0.0150. The quantitative estimate of drug-likeness (QED) is 0.0512. The van der Waals surface area contributed by atoms with Crippen molar-refractivity contribution in [1.82, 2.24) is 14.2 Å². The summed E-state index contributed by atoms with van der Waals surface area (Å²) in [5.74, 6) is -12.3. The smallest absolute Gasteiger partial charge is 0.338 e. The number of aliphatic hydroxyl groups is 1. The van der Waals surface area contributed by atoms with Gasteiger partial charge in [0.1, 0.15) is 46.5 Å². The highest BCUT2D eigenvalue weighted by Gasteiger charge is 2.69. The number of nitrogens with two attached hydrogens (primary N) is 1. The van der Waals surface area contributed by atoms with Gasteiger partial charge in [0.25, 0.3) is 17.7 Å². The number of carbonyl (C=O) groups is 5. The third kappa shape index (κ3) is 23.7. The van der Waals surface area contributed by atoms with E-state index < -0.39 is 148 Å². The summed E-state index contributed by atoms with van der Waals surface area (Å²) in [7, 11) is -14.6. The first-order valence-corrected chi connectivity index (χ1v) is 35.3. The van der Waals surface area contributed by atoms with Gasteiger partial charge in [-0.25, -0.2) is 88.5 Å². The molecule has 0 spiro atoms. The van der Waals surface area contributed by atoms with E-state index in [0.29, 0.717) is 66.2 Å². The van der Waals surface area contributed by atoms with E-state index in [1.165, 1.54) is 9.44 Å². The molecule has 7 rings (SSSR count). The number of nitrogens with one attached hydrogen (secondary N) is 3. The normalized spacial score (nSPS) is 16.8. The molecule has 36 heteroatoms. The van der Waals surface area contributed by atoms with Crippen LogP contribution in [-0.4, -0.2) is 117 Å². The van der Waals surface area contributed by atoms with Gasteiger partial charge < -0.3 is 20.1 Å². The lowest BCUT2D eigenvalue weighted by Gasteiger charge is -2.11. The molecule has 3 aliphatic rings. The van der Waals surface area contributed by atoms with Crippen molar-refractivity contribution in [3.05, 3.63) is 132 Å². The topological polar surface area (TPSA) is 354 Å². The van der Waals surface area contributed by atoms with Gasteiger partial charge in [-0.1, -0.05) is 129 Å². The van der Waals surface area contributed by atoms with E-state index in [1.54, 1.807) is 4.72 Å². The summed E-state index contributed by atoms with van der Waals surface area (Å²) in [4.78, 5) is 55.1. The molecule has 3 amide bonds. The summed E-state index contributed by atoms with van der Waals surface area (Å²) in [6.45, 7) is 26.2. The predicted molar refractivity (Wildman–Crippen MR) is 332 cm³/mol. The maximum atomic E-state index is 14.1. The summed E-state index contributed by atoms with van der Waals surface area (Å²) in [6.07, 6.45) is 3.20. The van der Waals surface area contributed by atoms with Crippen LogP contribution in [0.15, 0.2) is 48.5 Å². The molecule has 4 aromatic carbocycles. The highest BCUT2D eigenvalue weighted by molar-refractivity contribution is 7.90. The molecule has 0 heterocycles. The second-order valence-corrected chi connectivity index (χ2v) is 33.0. The monoisotopic (exact) mass is 1470 g/mol. The van der Waals surface area contributed by atoms with Crippen molar-refractivity contribution in [2.45, 2.75) is 83.1 Å². The Hall–Kier alpha value is -5.58. The van der Waals surface area contributed by atoms with Crippen LogP contribution in [0.25, 0.3) is 0 Å². The molecule has 518 valence electrons. The van der Waals surface area contributed by atoms with Crippen LogP contribution in [0.2, 0.25) is 20.1 Å². The highest BCUT2D eigenvalue weighted by Crippen LogP contribution is 2.69. The summed E-state index contributed by atoms with van der Waals surface area (Å²) in [6, 6.07) is 5.47. The van der Waals surface area contributed by atoms with E-state index in [0.717, 1.165) is 43.2 Å². The number of halogens is 11. The Bertz CT molecular complexity index is 3810. The first-order chi connectivity index (χ1) is 41.0. The number of carboxylic acid groups (broad SMARTS) is 2.